The maximum Gasteiger partial charge on any atom is 0.323 e. The number of hydrogen-bond acceptors (Lipinski definition) is 3. The van der Waals surface area contributed by atoms with E-state index in [9.17, 15) is 4.79 Å². The molecule has 0 rings (SSSR count). The van der Waals surface area contributed by atoms with Gasteiger partial charge in [0.05, 0.1) is 6.61 Å². The van der Waals surface area contributed by atoms with Gasteiger partial charge in [-0.1, -0.05) is 20.3 Å². The van der Waals surface area contributed by atoms with Gasteiger partial charge < -0.3 is 10.1 Å². The van der Waals surface area contributed by atoms with Gasteiger partial charge in [-0.25, -0.2) is 0 Å². The van der Waals surface area contributed by atoms with Gasteiger partial charge in [-0.2, -0.15) is 0 Å². The molecule has 0 saturated carbocycles. The fraction of sp³-hybridized carbons (Fsp3) is 0.889. The van der Waals surface area contributed by atoms with Crippen LogP contribution in [0.25, 0.3) is 0 Å². The molecule has 0 radical (unpaired) electrons. The Bertz CT molecular complexity index is 126. The lowest BCUT2D eigenvalue weighted by Gasteiger charge is -2.13. The molecule has 0 saturated heterocycles. The van der Waals surface area contributed by atoms with Crippen LogP contribution in [0.2, 0.25) is 0 Å². The third-order valence-corrected chi connectivity index (χ3v) is 1.66. The molecule has 1 N–H and O–H groups in total. The van der Waals surface area contributed by atoms with E-state index in [0.717, 1.165) is 19.3 Å². The smallest absolute Gasteiger partial charge is 0.323 e. The van der Waals surface area contributed by atoms with Crippen LogP contribution in [0, 0.1) is 0 Å². The third kappa shape index (κ3) is 4.34. The molecule has 3 nitrogen and oxygen atoms in total. The molecule has 0 aliphatic carbocycles. The van der Waals surface area contributed by atoms with Gasteiger partial charge in [0.2, 0.25) is 0 Å². The highest BCUT2D eigenvalue weighted by Gasteiger charge is 2.15. The van der Waals surface area contributed by atoms with Crippen molar-refractivity contribution in [1.82, 2.24) is 5.32 Å². The van der Waals surface area contributed by atoms with Crippen LogP contribution >= 0.6 is 0 Å². The predicted molar refractivity (Wildman–Crippen MR) is 49.0 cm³/mol. The summed E-state index contributed by atoms with van der Waals surface area (Å²) in [6, 6.07) is -0.124. The SMILES string of the molecule is CCCOC(=O)C(CCC)NC. The largest absolute Gasteiger partial charge is 0.465 e. The second-order valence-electron chi connectivity index (χ2n) is 2.80. The van der Waals surface area contributed by atoms with Gasteiger partial charge >= 0.3 is 5.97 Å². The Balaban J connectivity index is 3.69. The van der Waals surface area contributed by atoms with Crippen molar-refractivity contribution in [3.8, 4) is 0 Å². The van der Waals surface area contributed by atoms with Crippen molar-refractivity contribution >= 4 is 5.97 Å². The second kappa shape index (κ2) is 7.10. The van der Waals surface area contributed by atoms with E-state index in [4.69, 9.17) is 4.74 Å². The summed E-state index contributed by atoms with van der Waals surface area (Å²) >= 11 is 0. The van der Waals surface area contributed by atoms with E-state index in [1.807, 2.05) is 6.92 Å². The van der Waals surface area contributed by atoms with Gasteiger partial charge in [-0.05, 0) is 19.9 Å². The van der Waals surface area contributed by atoms with Gasteiger partial charge in [-0.3, -0.25) is 4.79 Å². The number of likely N-dealkylation sites (N-methyl/N-ethyl adjacent to an activating group) is 1. The minimum absolute atomic E-state index is 0.124. The Labute approximate surface area is 74.5 Å². The molecule has 0 heterocycles. The average molecular weight is 173 g/mol. The highest BCUT2D eigenvalue weighted by atomic mass is 16.5. The molecule has 72 valence electrons. The summed E-state index contributed by atoms with van der Waals surface area (Å²) < 4.78 is 5.00. The van der Waals surface area contributed by atoms with E-state index >= 15 is 0 Å². The van der Waals surface area contributed by atoms with Gasteiger partial charge in [-0.15, -0.1) is 0 Å². The Morgan fingerprint density at radius 3 is 2.50 bits per heavy atom. The number of esters is 1. The van der Waals surface area contributed by atoms with Crippen LogP contribution in [0.4, 0.5) is 0 Å². The highest BCUT2D eigenvalue weighted by molar-refractivity contribution is 5.75. The van der Waals surface area contributed by atoms with Crippen LogP contribution in [-0.4, -0.2) is 25.7 Å². The predicted octanol–water partition coefficient (Wildman–Crippen LogP) is 1.33. The Morgan fingerprint density at radius 2 is 2.08 bits per heavy atom. The number of rotatable bonds is 6. The normalized spacial score (nSPS) is 12.6. The maximum atomic E-state index is 11.2. The Morgan fingerprint density at radius 1 is 1.42 bits per heavy atom. The lowest BCUT2D eigenvalue weighted by Crippen LogP contribution is -2.35. The van der Waals surface area contributed by atoms with Crippen LogP contribution in [-0.2, 0) is 9.53 Å². The zero-order chi connectivity index (χ0) is 9.40. The minimum atomic E-state index is -0.124. The van der Waals surface area contributed by atoms with Crippen molar-refractivity contribution in [3.05, 3.63) is 0 Å². The first-order valence-electron chi connectivity index (χ1n) is 4.60. The van der Waals surface area contributed by atoms with E-state index in [2.05, 4.69) is 12.2 Å². The molecule has 0 aromatic heterocycles. The molecule has 0 aromatic rings. The molecular formula is C9H19NO2. The van der Waals surface area contributed by atoms with Crippen molar-refractivity contribution in [2.24, 2.45) is 0 Å². The first kappa shape index (κ1) is 11.4. The maximum absolute atomic E-state index is 11.2. The lowest BCUT2D eigenvalue weighted by atomic mass is 10.2. The molecule has 0 bridgehead atoms. The molecule has 0 aliphatic heterocycles. The van der Waals surface area contributed by atoms with Crippen molar-refractivity contribution < 1.29 is 9.53 Å². The van der Waals surface area contributed by atoms with Crippen molar-refractivity contribution in [1.29, 1.82) is 0 Å². The lowest BCUT2D eigenvalue weighted by molar-refractivity contribution is -0.146. The number of nitrogens with one attached hydrogen (secondary N) is 1. The Kier molecular flexibility index (Phi) is 6.76. The molecule has 0 fully saturated rings. The van der Waals surface area contributed by atoms with E-state index in [0.29, 0.717) is 6.61 Å². The number of ether oxygens (including phenoxy) is 1. The fourth-order valence-corrected chi connectivity index (χ4v) is 0.972. The summed E-state index contributed by atoms with van der Waals surface area (Å²) in [6.45, 7) is 4.57. The molecular weight excluding hydrogens is 154 g/mol. The molecule has 0 spiro atoms. The fourth-order valence-electron chi connectivity index (χ4n) is 0.972. The van der Waals surface area contributed by atoms with Crippen LogP contribution in [0.1, 0.15) is 33.1 Å². The number of hydrogen-bond donors (Lipinski definition) is 1. The van der Waals surface area contributed by atoms with Gasteiger partial charge in [0.15, 0.2) is 0 Å². The molecule has 12 heavy (non-hydrogen) atoms. The van der Waals surface area contributed by atoms with E-state index < -0.39 is 0 Å². The van der Waals surface area contributed by atoms with Crippen molar-refractivity contribution in [2.45, 2.75) is 39.2 Å². The average Bonchev–Trinajstić information content (AvgIpc) is 2.10. The summed E-state index contributed by atoms with van der Waals surface area (Å²) in [5.41, 5.74) is 0. The first-order chi connectivity index (χ1) is 5.76. The quantitative estimate of drug-likeness (QED) is 0.616. The zero-order valence-corrected chi connectivity index (χ0v) is 8.22. The molecule has 0 aliphatic rings. The number of carbonyl (C=O) groups excluding carboxylic acids is 1. The topological polar surface area (TPSA) is 38.3 Å². The van der Waals surface area contributed by atoms with Crippen LogP contribution in [0.3, 0.4) is 0 Å². The molecule has 1 unspecified atom stereocenters. The zero-order valence-electron chi connectivity index (χ0n) is 8.22. The van der Waals surface area contributed by atoms with Gasteiger partial charge in [0, 0.05) is 0 Å². The molecule has 0 aromatic carbocycles. The first-order valence-corrected chi connectivity index (χ1v) is 4.60. The monoisotopic (exact) mass is 173 g/mol. The molecule has 3 heteroatoms. The number of carbonyl (C=O) groups is 1. The van der Waals surface area contributed by atoms with E-state index in [1.165, 1.54) is 0 Å². The standard InChI is InChI=1S/C9H19NO2/c1-4-6-8(10-3)9(11)12-7-5-2/h8,10H,4-7H2,1-3H3. The van der Waals surface area contributed by atoms with E-state index in [1.54, 1.807) is 7.05 Å². The molecule has 0 amide bonds. The van der Waals surface area contributed by atoms with E-state index in [-0.39, 0.29) is 12.0 Å². The molecule has 1 atom stereocenters. The summed E-state index contributed by atoms with van der Waals surface area (Å²) in [5.74, 6) is -0.124. The summed E-state index contributed by atoms with van der Waals surface area (Å²) in [7, 11) is 1.79. The Hall–Kier alpha value is -0.570. The summed E-state index contributed by atoms with van der Waals surface area (Å²) in [5, 5.41) is 2.94. The summed E-state index contributed by atoms with van der Waals surface area (Å²) in [4.78, 5) is 11.2. The second-order valence-corrected chi connectivity index (χ2v) is 2.80. The van der Waals surface area contributed by atoms with Crippen LogP contribution in [0.15, 0.2) is 0 Å². The van der Waals surface area contributed by atoms with Crippen LogP contribution in [0.5, 0.6) is 0 Å². The van der Waals surface area contributed by atoms with Gasteiger partial charge in [0.25, 0.3) is 0 Å². The van der Waals surface area contributed by atoms with Gasteiger partial charge in [0.1, 0.15) is 6.04 Å². The van der Waals surface area contributed by atoms with Crippen molar-refractivity contribution in [2.75, 3.05) is 13.7 Å². The van der Waals surface area contributed by atoms with Crippen LogP contribution < -0.4 is 5.32 Å². The minimum Gasteiger partial charge on any atom is -0.465 e. The summed E-state index contributed by atoms with van der Waals surface area (Å²) in [6.07, 6.45) is 2.72. The van der Waals surface area contributed by atoms with Crippen molar-refractivity contribution in [3.63, 3.8) is 0 Å². The third-order valence-electron chi connectivity index (χ3n) is 1.66. The highest BCUT2D eigenvalue weighted by Crippen LogP contribution is 1.98.